The third kappa shape index (κ3) is 5.56. The van der Waals surface area contributed by atoms with Crippen molar-refractivity contribution in [2.75, 3.05) is 13.7 Å². The number of aliphatic hydroxyl groups is 1. The zero-order chi connectivity index (χ0) is 9.40. The highest BCUT2D eigenvalue weighted by atomic mass is 16.5. The van der Waals surface area contributed by atoms with Gasteiger partial charge in [-0.15, -0.1) is 0 Å². The van der Waals surface area contributed by atoms with Crippen molar-refractivity contribution in [1.82, 2.24) is 0 Å². The minimum Gasteiger partial charge on any atom is -0.393 e. The van der Waals surface area contributed by atoms with Crippen LogP contribution in [-0.4, -0.2) is 24.9 Å². The zero-order valence-electron chi connectivity index (χ0n) is 8.55. The number of unbranched alkanes of at least 4 members (excludes halogenated alkanes) is 1. The Kier molecular flexibility index (Phi) is 7.51. The summed E-state index contributed by atoms with van der Waals surface area (Å²) in [5.74, 6) is 0.437. The standard InChI is InChI=1S/C10H22O2/c1-4-10(11)9(2)7-5-6-8-12-3/h9-11H,4-8H2,1-3H3. The van der Waals surface area contributed by atoms with Crippen LogP contribution in [0.4, 0.5) is 0 Å². The van der Waals surface area contributed by atoms with E-state index < -0.39 is 0 Å². The minimum atomic E-state index is -0.118. The van der Waals surface area contributed by atoms with Crippen molar-refractivity contribution >= 4 is 0 Å². The monoisotopic (exact) mass is 174 g/mol. The van der Waals surface area contributed by atoms with Crippen molar-refractivity contribution in [3.63, 3.8) is 0 Å². The third-order valence-electron chi connectivity index (χ3n) is 2.33. The molecule has 0 heterocycles. The predicted molar refractivity (Wildman–Crippen MR) is 51.2 cm³/mol. The number of hydrogen-bond acceptors (Lipinski definition) is 2. The molecule has 2 atom stereocenters. The largest absolute Gasteiger partial charge is 0.393 e. The van der Waals surface area contributed by atoms with E-state index in [4.69, 9.17) is 4.74 Å². The van der Waals surface area contributed by atoms with Gasteiger partial charge in [0.05, 0.1) is 6.10 Å². The van der Waals surface area contributed by atoms with Gasteiger partial charge in [0.1, 0.15) is 0 Å². The average Bonchev–Trinajstić information content (AvgIpc) is 2.10. The smallest absolute Gasteiger partial charge is 0.0563 e. The van der Waals surface area contributed by atoms with Crippen LogP contribution in [0.1, 0.15) is 39.5 Å². The molecule has 0 radical (unpaired) electrons. The third-order valence-corrected chi connectivity index (χ3v) is 2.33. The van der Waals surface area contributed by atoms with E-state index in [1.807, 2.05) is 6.92 Å². The Labute approximate surface area is 75.9 Å². The van der Waals surface area contributed by atoms with Gasteiger partial charge in [-0.25, -0.2) is 0 Å². The second-order valence-electron chi connectivity index (χ2n) is 3.44. The van der Waals surface area contributed by atoms with E-state index in [9.17, 15) is 5.11 Å². The fraction of sp³-hybridized carbons (Fsp3) is 1.00. The van der Waals surface area contributed by atoms with E-state index in [1.54, 1.807) is 7.11 Å². The number of aliphatic hydroxyl groups excluding tert-OH is 1. The molecule has 2 heteroatoms. The van der Waals surface area contributed by atoms with E-state index in [-0.39, 0.29) is 6.10 Å². The molecule has 0 aromatic carbocycles. The molecule has 74 valence electrons. The molecule has 2 unspecified atom stereocenters. The molecule has 0 rings (SSSR count). The molecule has 0 aromatic rings. The second kappa shape index (κ2) is 7.56. The summed E-state index contributed by atoms with van der Waals surface area (Å²) in [6, 6.07) is 0. The lowest BCUT2D eigenvalue weighted by atomic mass is 9.96. The lowest BCUT2D eigenvalue weighted by Gasteiger charge is -2.16. The Morgan fingerprint density at radius 2 is 2.00 bits per heavy atom. The topological polar surface area (TPSA) is 29.5 Å². The van der Waals surface area contributed by atoms with Crippen LogP contribution in [0.2, 0.25) is 0 Å². The van der Waals surface area contributed by atoms with Crippen molar-refractivity contribution in [3.8, 4) is 0 Å². The summed E-state index contributed by atoms with van der Waals surface area (Å²) in [4.78, 5) is 0. The highest BCUT2D eigenvalue weighted by Crippen LogP contribution is 2.14. The van der Waals surface area contributed by atoms with Crippen LogP contribution in [0.3, 0.4) is 0 Å². The van der Waals surface area contributed by atoms with E-state index in [2.05, 4.69) is 6.92 Å². The van der Waals surface area contributed by atoms with Gasteiger partial charge in [-0.05, 0) is 25.2 Å². The molecule has 0 spiro atoms. The summed E-state index contributed by atoms with van der Waals surface area (Å²) in [7, 11) is 1.73. The summed E-state index contributed by atoms with van der Waals surface area (Å²) in [5, 5.41) is 9.45. The number of methoxy groups -OCH3 is 1. The van der Waals surface area contributed by atoms with Gasteiger partial charge in [-0.2, -0.15) is 0 Å². The van der Waals surface area contributed by atoms with Crippen molar-refractivity contribution in [1.29, 1.82) is 0 Å². The molecule has 0 aliphatic heterocycles. The first kappa shape index (κ1) is 11.9. The Balaban J connectivity index is 3.24. The average molecular weight is 174 g/mol. The van der Waals surface area contributed by atoms with Gasteiger partial charge in [0.25, 0.3) is 0 Å². The highest BCUT2D eigenvalue weighted by molar-refractivity contribution is 4.62. The first-order valence-electron chi connectivity index (χ1n) is 4.89. The maximum absolute atomic E-state index is 9.45. The van der Waals surface area contributed by atoms with Gasteiger partial charge in [0, 0.05) is 13.7 Å². The van der Waals surface area contributed by atoms with Gasteiger partial charge >= 0.3 is 0 Å². The van der Waals surface area contributed by atoms with Gasteiger partial charge < -0.3 is 9.84 Å². The van der Waals surface area contributed by atoms with Gasteiger partial charge in [-0.3, -0.25) is 0 Å². The molecule has 12 heavy (non-hydrogen) atoms. The lowest BCUT2D eigenvalue weighted by Crippen LogP contribution is -2.16. The van der Waals surface area contributed by atoms with Crippen LogP contribution in [0, 0.1) is 5.92 Å². The quantitative estimate of drug-likeness (QED) is 0.600. The van der Waals surface area contributed by atoms with E-state index >= 15 is 0 Å². The van der Waals surface area contributed by atoms with Crippen molar-refractivity contribution in [2.24, 2.45) is 5.92 Å². The Hall–Kier alpha value is -0.0800. The van der Waals surface area contributed by atoms with E-state index in [0.29, 0.717) is 5.92 Å². The van der Waals surface area contributed by atoms with Gasteiger partial charge in [0.15, 0.2) is 0 Å². The number of rotatable bonds is 7. The maximum Gasteiger partial charge on any atom is 0.0563 e. The van der Waals surface area contributed by atoms with Crippen molar-refractivity contribution in [2.45, 2.75) is 45.6 Å². The molecule has 0 fully saturated rings. The summed E-state index contributed by atoms with van der Waals surface area (Å²) in [6.07, 6.45) is 4.13. The van der Waals surface area contributed by atoms with Crippen LogP contribution in [0.25, 0.3) is 0 Å². The molecule has 2 nitrogen and oxygen atoms in total. The fourth-order valence-corrected chi connectivity index (χ4v) is 1.31. The summed E-state index contributed by atoms with van der Waals surface area (Å²) in [6.45, 7) is 4.98. The van der Waals surface area contributed by atoms with Crippen molar-refractivity contribution in [3.05, 3.63) is 0 Å². The molecule has 0 aromatic heterocycles. The molecular weight excluding hydrogens is 152 g/mol. The first-order valence-corrected chi connectivity index (χ1v) is 4.89. The van der Waals surface area contributed by atoms with Crippen LogP contribution < -0.4 is 0 Å². The van der Waals surface area contributed by atoms with Crippen LogP contribution in [-0.2, 0) is 4.74 Å². The zero-order valence-corrected chi connectivity index (χ0v) is 8.55. The Bertz CT molecular complexity index is 93.8. The Morgan fingerprint density at radius 1 is 1.33 bits per heavy atom. The maximum atomic E-state index is 9.45. The Morgan fingerprint density at radius 3 is 2.50 bits per heavy atom. The lowest BCUT2D eigenvalue weighted by molar-refractivity contribution is 0.104. The van der Waals surface area contributed by atoms with Crippen molar-refractivity contribution < 1.29 is 9.84 Å². The van der Waals surface area contributed by atoms with Gasteiger partial charge in [-0.1, -0.05) is 20.3 Å². The van der Waals surface area contributed by atoms with Crippen LogP contribution >= 0.6 is 0 Å². The predicted octanol–water partition coefficient (Wildman–Crippen LogP) is 2.21. The second-order valence-corrected chi connectivity index (χ2v) is 3.44. The normalized spacial score (nSPS) is 16.0. The molecule has 1 N–H and O–H groups in total. The molecule has 0 amide bonds. The van der Waals surface area contributed by atoms with E-state index in [0.717, 1.165) is 32.3 Å². The number of hydrogen-bond donors (Lipinski definition) is 1. The SMILES string of the molecule is CCC(O)C(C)CCCCOC. The molecule has 0 aliphatic carbocycles. The highest BCUT2D eigenvalue weighted by Gasteiger charge is 2.10. The first-order chi connectivity index (χ1) is 5.72. The summed E-state index contributed by atoms with van der Waals surface area (Å²) >= 11 is 0. The molecular formula is C10H22O2. The molecule has 0 saturated carbocycles. The fourth-order valence-electron chi connectivity index (χ4n) is 1.31. The van der Waals surface area contributed by atoms with Crippen LogP contribution in [0.5, 0.6) is 0 Å². The number of ether oxygens (including phenoxy) is 1. The summed E-state index contributed by atoms with van der Waals surface area (Å²) < 4.78 is 4.95. The van der Waals surface area contributed by atoms with Crippen LogP contribution in [0.15, 0.2) is 0 Å². The van der Waals surface area contributed by atoms with Gasteiger partial charge in [0.2, 0.25) is 0 Å². The minimum absolute atomic E-state index is 0.118. The summed E-state index contributed by atoms with van der Waals surface area (Å²) in [5.41, 5.74) is 0. The molecule has 0 bridgehead atoms. The molecule has 0 aliphatic rings. The van der Waals surface area contributed by atoms with E-state index in [1.165, 1.54) is 0 Å². The molecule has 0 saturated heterocycles.